The molecule has 0 spiro atoms. The van der Waals surface area contributed by atoms with E-state index in [4.69, 9.17) is 4.74 Å². The van der Waals surface area contributed by atoms with E-state index in [0.717, 1.165) is 16.5 Å². The summed E-state index contributed by atoms with van der Waals surface area (Å²) in [5.41, 5.74) is 2.46. The number of anilines is 1. The van der Waals surface area contributed by atoms with Gasteiger partial charge in [0, 0.05) is 17.5 Å². The topological polar surface area (TPSA) is 84.1 Å². The summed E-state index contributed by atoms with van der Waals surface area (Å²) >= 11 is 0. The zero-order valence-corrected chi connectivity index (χ0v) is 13.9. The number of methoxy groups -OCH3 is 1. The fourth-order valence-electron chi connectivity index (χ4n) is 2.77. The highest BCUT2D eigenvalue weighted by Gasteiger charge is 2.22. The molecule has 0 bridgehead atoms. The first-order valence-corrected chi connectivity index (χ1v) is 8.03. The van der Waals surface area contributed by atoms with E-state index in [-0.39, 0.29) is 18.3 Å². The standard InChI is InChI=1S/C19H19N3O3/c1-25-19(24)16(13-5-3-2-4-6-13)8-10-18(23)21-15-7-9-17-14(11-15)12-20-22-17/h2-7,9,11-12,16H,8,10H2,1H3,(H,20,22)(H,21,23). The van der Waals surface area contributed by atoms with Gasteiger partial charge in [-0.15, -0.1) is 0 Å². The average molecular weight is 337 g/mol. The Bertz CT molecular complexity index is 874. The maximum absolute atomic E-state index is 12.2. The van der Waals surface area contributed by atoms with Crippen molar-refractivity contribution in [2.24, 2.45) is 0 Å². The van der Waals surface area contributed by atoms with E-state index in [1.165, 1.54) is 7.11 Å². The van der Waals surface area contributed by atoms with Gasteiger partial charge < -0.3 is 10.1 Å². The molecule has 3 rings (SSSR count). The van der Waals surface area contributed by atoms with Crippen molar-refractivity contribution in [2.75, 3.05) is 12.4 Å². The second-order valence-electron chi connectivity index (χ2n) is 5.75. The molecule has 1 amide bonds. The van der Waals surface area contributed by atoms with Crippen LogP contribution in [0, 0.1) is 0 Å². The van der Waals surface area contributed by atoms with E-state index in [1.807, 2.05) is 48.5 Å². The number of aromatic nitrogens is 2. The Morgan fingerprint density at radius 2 is 2.00 bits per heavy atom. The number of rotatable bonds is 6. The summed E-state index contributed by atoms with van der Waals surface area (Å²) in [6, 6.07) is 14.9. The molecule has 0 radical (unpaired) electrons. The lowest BCUT2D eigenvalue weighted by atomic mass is 9.94. The molecule has 0 aliphatic carbocycles. The summed E-state index contributed by atoms with van der Waals surface area (Å²) < 4.78 is 4.88. The highest BCUT2D eigenvalue weighted by atomic mass is 16.5. The predicted molar refractivity (Wildman–Crippen MR) is 95.2 cm³/mol. The molecular formula is C19H19N3O3. The number of nitrogens with one attached hydrogen (secondary N) is 2. The Morgan fingerprint density at radius 3 is 2.76 bits per heavy atom. The van der Waals surface area contributed by atoms with Gasteiger partial charge in [0.1, 0.15) is 0 Å². The Balaban J connectivity index is 1.63. The molecular weight excluding hydrogens is 318 g/mol. The lowest BCUT2D eigenvalue weighted by Gasteiger charge is -2.15. The number of hydrogen-bond acceptors (Lipinski definition) is 4. The summed E-state index contributed by atoms with van der Waals surface area (Å²) in [4.78, 5) is 24.3. The maximum Gasteiger partial charge on any atom is 0.313 e. The molecule has 1 unspecified atom stereocenters. The molecule has 0 aliphatic heterocycles. The third-order valence-electron chi connectivity index (χ3n) is 4.07. The minimum atomic E-state index is -0.451. The zero-order valence-electron chi connectivity index (χ0n) is 13.9. The van der Waals surface area contributed by atoms with Crippen LogP contribution in [0.5, 0.6) is 0 Å². The Hall–Kier alpha value is -3.15. The minimum Gasteiger partial charge on any atom is -0.469 e. The third-order valence-corrected chi connectivity index (χ3v) is 4.07. The van der Waals surface area contributed by atoms with Gasteiger partial charge in [-0.1, -0.05) is 30.3 Å². The first-order valence-electron chi connectivity index (χ1n) is 8.03. The lowest BCUT2D eigenvalue weighted by molar-refractivity contribution is -0.142. The van der Waals surface area contributed by atoms with Crippen molar-refractivity contribution in [1.29, 1.82) is 0 Å². The molecule has 1 aromatic heterocycles. The SMILES string of the molecule is COC(=O)C(CCC(=O)Nc1ccc2[nH]ncc2c1)c1ccccc1. The summed E-state index contributed by atoms with van der Waals surface area (Å²) in [5, 5.41) is 10.6. The van der Waals surface area contributed by atoms with Gasteiger partial charge in [-0.2, -0.15) is 5.10 Å². The van der Waals surface area contributed by atoms with Gasteiger partial charge in [-0.05, 0) is 30.2 Å². The molecule has 6 heteroatoms. The Labute approximate surface area is 145 Å². The quantitative estimate of drug-likeness (QED) is 0.676. The summed E-state index contributed by atoms with van der Waals surface area (Å²) in [7, 11) is 1.36. The van der Waals surface area contributed by atoms with Crippen molar-refractivity contribution >= 4 is 28.5 Å². The Kier molecular flexibility index (Phi) is 5.09. The minimum absolute atomic E-state index is 0.146. The van der Waals surface area contributed by atoms with Gasteiger partial charge in [0.05, 0.1) is 24.7 Å². The number of H-pyrrole nitrogens is 1. The average Bonchev–Trinajstić information content (AvgIpc) is 3.10. The van der Waals surface area contributed by atoms with Crippen molar-refractivity contribution in [3.63, 3.8) is 0 Å². The number of fused-ring (bicyclic) bond motifs is 1. The van der Waals surface area contributed by atoms with Crippen LogP contribution >= 0.6 is 0 Å². The van der Waals surface area contributed by atoms with Crippen molar-refractivity contribution < 1.29 is 14.3 Å². The van der Waals surface area contributed by atoms with E-state index in [0.29, 0.717) is 12.1 Å². The van der Waals surface area contributed by atoms with E-state index in [1.54, 1.807) is 6.20 Å². The first kappa shape index (κ1) is 16.7. The molecule has 6 nitrogen and oxygen atoms in total. The monoisotopic (exact) mass is 337 g/mol. The van der Waals surface area contributed by atoms with E-state index >= 15 is 0 Å². The number of benzene rings is 2. The fourth-order valence-corrected chi connectivity index (χ4v) is 2.77. The van der Waals surface area contributed by atoms with Gasteiger partial charge in [-0.3, -0.25) is 14.7 Å². The molecule has 0 aliphatic rings. The molecule has 3 aromatic rings. The number of hydrogen-bond donors (Lipinski definition) is 2. The van der Waals surface area contributed by atoms with Gasteiger partial charge in [-0.25, -0.2) is 0 Å². The zero-order chi connectivity index (χ0) is 17.6. The van der Waals surface area contributed by atoms with Gasteiger partial charge in [0.2, 0.25) is 5.91 Å². The fraction of sp³-hybridized carbons (Fsp3) is 0.211. The second-order valence-corrected chi connectivity index (χ2v) is 5.75. The van der Waals surface area contributed by atoms with Crippen molar-refractivity contribution in [1.82, 2.24) is 10.2 Å². The number of carbonyl (C=O) groups is 2. The van der Waals surface area contributed by atoms with Crippen LogP contribution in [0.3, 0.4) is 0 Å². The number of ether oxygens (including phenoxy) is 1. The number of aromatic amines is 1. The molecule has 0 saturated heterocycles. The van der Waals surface area contributed by atoms with E-state index in [2.05, 4.69) is 15.5 Å². The third kappa shape index (κ3) is 4.03. The molecule has 0 saturated carbocycles. The van der Waals surface area contributed by atoms with Gasteiger partial charge >= 0.3 is 5.97 Å². The highest BCUT2D eigenvalue weighted by molar-refractivity contribution is 5.93. The largest absolute Gasteiger partial charge is 0.469 e. The normalized spacial score (nSPS) is 11.9. The lowest BCUT2D eigenvalue weighted by Crippen LogP contribution is -2.18. The summed E-state index contributed by atoms with van der Waals surface area (Å²) in [5.74, 6) is -0.931. The number of amides is 1. The molecule has 0 fully saturated rings. The second kappa shape index (κ2) is 7.61. The predicted octanol–water partition coefficient (Wildman–Crippen LogP) is 3.24. The molecule has 2 aromatic carbocycles. The molecule has 1 heterocycles. The number of carbonyl (C=O) groups excluding carboxylic acids is 2. The van der Waals surface area contributed by atoms with E-state index < -0.39 is 5.92 Å². The van der Waals surface area contributed by atoms with Crippen LogP contribution in [0.2, 0.25) is 0 Å². The van der Waals surface area contributed by atoms with Crippen LogP contribution in [-0.2, 0) is 14.3 Å². The van der Waals surface area contributed by atoms with Crippen LogP contribution in [0.1, 0.15) is 24.3 Å². The highest BCUT2D eigenvalue weighted by Crippen LogP contribution is 2.23. The van der Waals surface area contributed by atoms with Crippen molar-refractivity contribution in [2.45, 2.75) is 18.8 Å². The summed E-state index contributed by atoms with van der Waals surface area (Å²) in [6.45, 7) is 0. The molecule has 1 atom stereocenters. The number of esters is 1. The maximum atomic E-state index is 12.2. The van der Waals surface area contributed by atoms with Crippen LogP contribution in [0.15, 0.2) is 54.7 Å². The van der Waals surface area contributed by atoms with Crippen LogP contribution in [0.25, 0.3) is 10.9 Å². The van der Waals surface area contributed by atoms with Crippen molar-refractivity contribution in [3.05, 3.63) is 60.3 Å². The Morgan fingerprint density at radius 1 is 1.20 bits per heavy atom. The smallest absolute Gasteiger partial charge is 0.313 e. The van der Waals surface area contributed by atoms with Crippen molar-refractivity contribution in [3.8, 4) is 0 Å². The van der Waals surface area contributed by atoms with Crippen LogP contribution < -0.4 is 5.32 Å². The summed E-state index contributed by atoms with van der Waals surface area (Å²) in [6.07, 6.45) is 2.31. The number of nitrogens with zero attached hydrogens (tertiary/aromatic N) is 1. The van der Waals surface area contributed by atoms with Gasteiger partial charge in [0.25, 0.3) is 0 Å². The first-order chi connectivity index (χ1) is 12.2. The molecule has 25 heavy (non-hydrogen) atoms. The molecule has 2 N–H and O–H groups in total. The molecule has 128 valence electrons. The van der Waals surface area contributed by atoms with Crippen LogP contribution in [-0.4, -0.2) is 29.2 Å². The van der Waals surface area contributed by atoms with Gasteiger partial charge in [0.15, 0.2) is 0 Å². The van der Waals surface area contributed by atoms with E-state index in [9.17, 15) is 9.59 Å². The van der Waals surface area contributed by atoms with Crippen LogP contribution in [0.4, 0.5) is 5.69 Å².